The second kappa shape index (κ2) is 4.24. The minimum Gasteiger partial charge on any atom is -0.496 e. The Bertz CT molecular complexity index is 938. The third-order valence-electron chi connectivity index (χ3n) is 3.92. The molecule has 0 aliphatic carbocycles. The second-order valence-corrected chi connectivity index (χ2v) is 5.04. The average molecular weight is 258 g/mol. The molecule has 1 nitrogen and oxygen atoms in total. The molecule has 0 aliphatic heterocycles. The SMILES string of the molecule is COc1cccc2c1ccc1cc3ccccc3cc12. The molecule has 0 amide bonds. The number of fused-ring (bicyclic) bond motifs is 4. The van der Waals surface area contributed by atoms with Gasteiger partial charge in [0.05, 0.1) is 7.11 Å². The molecule has 4 rings (SSSR count). The predicted octanol–water partition coefficient (Wildman–Crippen LogP) is 5.15. The van der Waals surface area contributed by atoms with Crippen molar-refractivity contribution in [3.05, 3.63) is 66.7 Å². The maximum Gasteiger partial charge on any atom is 0.126 e. The van der Waals surface area contributed by atoms with Crippen LogP contribution < -0.4 is 4.74 Å². The maximum atomic E-state index is 5.46. The highest BCUT2D eigenvalue weighted by molar-refractivity contribution is 6.13. The molecule has 0 fully saturated rings. The summed E-state index contributed by atoms with van der Waals surface area (Å²) in [6.07, 6.45) is 0. The Labute approximate surface area is 117 Å². The first-order valence-electron chi connectivity index (χ1n) is 6.75. The molecule has 0 heterocycles. The Hall–Kier alpha value is -2.54. The van der Waals surface area contributed by atoms with E-state index in [9.17, 15) is 0 Å². The van der Waals surface area contributed by atoms with Gasteiger partial charge in [-0.2, -0.15) is 0 Å². The zero-order valence-corrected chi connectivity index (χ0v) is 11.3. The lowest BCUT2D eigenvalue weighted by molar-refractivity contribution is 0.420. The van der Waals surface area contributed by atoms with E-state index in [-0.39, 0.29) is 0 Å². The van der Waals surface area contributed by atoms with Crippen molar-refractivity contribution in [2.75, 3.05) is 7.11 Å². The Balaban J connectivity index is 2.21. The largest absolute Gasteiger partial charge is 0.496 e. The minimum atomic E-state index is 0.928. The van der Waals surface area contributed by atoms with E-state index in [0.717, 1.165) is 11.1 Å². The van der Waals surface area contributed by atoms with Gasteiger partial charge in [-0.15, -0.1) is 0 Å². The topological polar surface area (TPSA) is 9.23 Å². The zero-order valence-electron chi connectivity index (χ0n) is 11.3. The fraction of sp³-hybridized carbons (Fsp3) is 0.0526. The van der Waals surface area contributed by atoms with E-state index in [1.165, 1.54) is 26.9 Å². The number of hydrogen-bond donors (Lipinski definition) is 0. The third-order valence-corrected chi connectivity index (χ3v) is 3.92. The van der Waals surface area contributed by atoms with E-state index < -0.39 is 0 Å². The number of rotatable bonds is 1. The average Bonchev–Trinajstić information content (AvgIpc) is 2.52. The van der Waals surface area contributed by atoms with Crippen LogP contribution in [0.15, 0.2) is 66.7 Å². The van der Waals surface area contributed by atoms with Crippen molar-refractivity contribution in [3.63, 3.8) is 0 Å². The molecule has 1 heteroatoms. The number of benzene rings is 4. The van der Waals surface area contributed by atoms with Gasteiger partial charge in [-0.1, -0.05) is 48.5 Å². The van der Waals surface area contributed by atoms with Crippen molar-refractivity contribution in [2.24, 2.45) is 0 Å². The Morgan fingerprint density at radius 1 is 0.600 bits per heavy atom. The summed E-state index contributed by atoms with van der Waals surface area (Å²) in [7, 11) is 1.72. The molecule has 4 aromatic carbocycles. The van der Waals surface area contributed by atoms with E-state index in [1.54, 1.807) is 7.11 Å². The lowest BCUT2D eigenvalue weighted by Crippen LogP contribution is -1.85. The second-order valence-electron chi connectivity index (χ2n) is 5.04. The van der Waals surface area contributed by atoms with Crippen molar-refractivity contribution in [1.82, 2.24) is 0 Å². The lowest BCUT2D eigenvalue weighted by Gasteiger charge is -2.09. The highest BCUT2D eigenvalue weighted by Crippen LogP contribution is 2.33. The highest BCUT2D eigenvalue weighted by Gasteiger charge is 2.05. The summed E-state index contributed by atoms with van der Waals surface area (Å²) in [5, 5.41) is 7.51. The molecule has 0 saturated heterocycles. The van der Waals surface area contributed by atoms with Crippen molar-refractivity contribution in [2.45, 2.75) is 0 Å². The summed E-state index contributed by atoms with van der Waals surface area (Å²) >= 11 is 0. The van der Waals surface area contributed by atoms with Gasteiger partial charge < -0.3 is 4.74 Å². The van der Waals surface area contributed by atoms with Crippen molar-refractivity contribution >= 4 is 32.3 Å². The predicted molar refractivity (Wildman–Crippen MR) is 85.5 cm³/mol. The molecule has 0 N–H and O–H groups in total. The van der Waals surface area contributed by atoms with Crippen LogP contribution in [-0.4, -0.2) is 7.11 Å². The van der Waals surface area contributed by atoms with Crippen LogP contribution in [0, 0.1) is 0 Å². The summed E-state index contributed by atoms with van der Waals surface area (Å²) in [5.74, 6) is 0.928. The van der Waals surface area contributed by atoms with Gasteiger partial charge in [0.1, 0.15) is 5.75 Å². The maximum absolute atomic E-state index is 5.46. The Kier molecular flexibility index (Phi) is 2.40. The van der Waals surface area contributed by atoms with Crippen LogP contribution in [0.25, 0.3) is 32.3 Å². The number of methoxy groups -OCH3 is 1. The van der Waals surface area contributed by atoms with Crippen LogP contribution >= 0.6 is 0 Å². The van der Waals surface area contributed by atoms with E-state index >= 15 is 0 Å². The Morgan fingerprint density at radius 2 is 1.40 bits per heavy atom. The Morgan fingerprint density at radius 3 is 2.20 bits per heavy atom. The zero-order chi connectivity index (χ0) is 13.5. The van der Waals surface area contributed by atoms with E-state index in [1.807, 2.05) is 6.07 Å². The van der Waals surface area contributed by atoms with Gasteiger partial charge in [0.25, 0.3) is 0 Å². The summed E-state index contributed by atoms with van der Waals surface area (Å²) in [5.41, 5.74) is 0. The van der Waals surface area contributed by atoms with Crippen LogP contribution in [0.2, 0.25) is 0 Å². The van der Waals surface area contributed by atoms with Crippen molar-refractivity contribution in [1.29, 1.82) is 0 Å². The molecule has 0 bridgehead atoms. The number of ether oxygens (including phenoxy) is 1. The summed E-state index contributed by atoms with van der Waals surface area (Å²) in [6, 6.07) is 23.5. The summed E-state index contributed by atoms with van der Waals surface area (Å²) in [4.78, 5) is 0. The van der Waals surface area contributed by atoms with Gasteiger partial charge in [0.2, 0.25) is 0 Å². The van der Waals surface area contributed by atoms with Gasteiger partial charge in [-0.05, 0) is 45.1 Å². The molecule has 0 aromatic heterocycles. The lowest BCUT2D eigenvalue weighted by atomic mass is 9.98. The smallest absolute Gasteiger partial charge is 0.126 e. The first kappa shape index (κ1) is 11.3. The van der Waals surface area contributed by atoms with E-state index in [2.05, 4.69) is 60.7 Å². The molecule has 96 valence electrons. The van der Waals surface area contributed by atoms with Crippen LogP contribution in [0.3, 0.4) is 0 Å². The molecular formula is C19H14O. The van der Waals surface area contributed by atoms with Gasteiger partial charge in [0.15, 0.2) is 0 Å². The standard InChI is InChI=1S/C19H14O/c1-20-19-8-4-7-16-17(19)10-9-15-11-13-5-2-3-6-14(13)12-18(15)16/h2-12H,1H3. The van der Waals surface area contributed by atoms with Crippen molar-refractivity contribution < 1.29 is 4.74 Å². The van der Waals surface area contributed by atoms with Crippen LogP contribution in [-0.2, 0) is 0 Å². The van der Waals surface area contributed by atoms with E-state index in [0.29, 0.717) is 0 Å². The molecule has 0 unspecified atom stereocenters. The molecule has 0 saturated carbocycles. The van der Waals surface area contributed by atoms with Gasteiger partial charge in [0, 0.05) is 5.39 Å². The molecule has 20 heavy (non-hydrogen) atoms. The molecule has 0 atom stereocenters. The fourth-order valence-electron chi connectivity index (χ4n) is 2.93. The summed E-state index contributed by atoms with van der Waals surface area (Å²) in [6.45, 7) is 0. The fourth-order valence-corrected chi connectivity index (χ4v) is 2.93. The summed E-state index contributed by atoms with van der Waals surface area (Å²) < 4.78 is 5.46. The van der Waals surface area contributed by atoms with Gasteiger partial charge in [-0.25, -0.2) is 0 Å². The molecule has 0 aliphatic rings. The normalized spacial score (nSPS) is 11.2. The van der Waals surface area contributed by atoms with Crippen LogP contribution in [0.5, 0.6) is 5.75 Å². The van der Waals surface area contributed by atoms with Crippen LogP contribution in [0.4, 0.5) is 0 Å². The quantitative estimate of drug-likeness (QED) is 0.338. The van der Waals surface area contributed by atoms with Crippen LogP contribution in [0.1, 0.15) is 0 Å². The molecule has 0 radical (unpaired) electrons. The van der Waals surface area contributed by atoms with Gasteiger partial charge >= 0.3 is 0 Å². The van der Waals surface area contributed by atoms with Gasteiger partial charge in [-0.3, -0.25) is 0 Å². The minimum absolute atomic E-state index is 0.928. The first-order valence-corrected chi connectivity index (χ1v) is 6.75. The number of hydrogen-bond acceptors (Lipinski definition) is 1. The van der Waals surface area contributed by atoms with E-state index in [4.69, 9.17) is 4.74 Å². The first-order chi connectivity index (χ1) is 9.86. The molecule has 4 aromatic rings. The van der Waals surface area contributed by atoms with Crippen molar-refractivity contribution in [3.8, 4) is 5.75 Å². The highest BCUT2D eigenvalue weighted by atomic mass is 16.5. The molecule has 0 spiro atoms. The molecular weight excluding hydrogens is 244 g/mol. The third kappa shape index (κ3) is 1.56. The monoisotopic (exact) mass is 258 g/mol.